The lowest BCUT2D eigenvalue weighted by atomic mass is 10.0. The van der Waals surface area contributed by atoms with Crippen molar-refractivity contribution in [3.8, 4) is 0 Å². The Morgan fingerprint density at radius 3 is 2.33 bits per heavy atom. The van der Waals surface area contributed by atoms with Crippen LogP contribution in [0, 0.1) is 0 Å². The summed E-state index contributed by atoms with van der Waals surface area (Å²) in [5.41, 5.74) is 3.59. The fourth-order valence-corrected chi connectivity index (χ4v) is 3.92. The standard InChI is InChI=1S/C23H26N2OS/c1-3-18-11-13-19(14-12-18)17(2)25-22(26)16-24-23(21-10-7-15-27-21)20-8-5-4-6-9-20/h4-15,17,23-24H,3,16H2,1-2H3,(H,25,26)/t17-,23+/m0/s1. The predicted octanol–water partition coefficient (Wildman–Crippen LogP) is 4.87. The Balaban J connectivity index is 1.60. The van der Waals surface area contributed by atoms with Crippen LogP contribution in [0.3, 0.4) is 0 Å². The fraction of sp³-hybridized carbons (Fsp3) is 0.261. The van der Waals surface area contributed by atoms with E-state index in [1.54, 1.807) is 11.3 Å². The first-order valence-electron chi connectivity index (χ1n) is 9.37. The van der Waals surface area contributed by atoms with Crippen molar-refractivity contribution in [1.82, 2.24) is 10.6 Å². The van der Waals surface area contributed by atoms with Gasteiger partial charge in [0.15, 0.2) is 0 Å². The monoisotopic (exact) mass is 378 g/mol. The normalized spacial score (nSPS) is 13.1. The van der Waals surface area contributed by atoms with Crippen LogP contribution in [0.2, 0.25) is 0 Å². The second-order valence-electron chi connectivity index (χ2n) is 6.62. The molecule has 0 aliphatic carbocycles. The van der Waals surface area contributed by atoms with Crippen molar-refractivity contribution in [2.75, 3.05) is 6.54 Å². The zero-order chi connectivity index (χ0) is 19.1. The summed E-state index contributed by atoms with van der Waals surface area (Å²) in [6.45, 7) is 4.43. The van der Waals surface area contributed by atoms with Gasteiger partial charge in [0.25, 0.3) is 0 Å². The van der Waals surface area contributed by atoms with E-state index < -0.39 is 0 Å². The summed E-state index contributed by atoms with van der Waals surface area (Å²) < 4.78 is 0. The summed E-state index contributed by atoms with van der Waals surface area (Å²) >= 11 is 1.70. The highest BCUT2D eigenvalue weighted by atomic mass is 32.1. The van der Waals surface area contributed by atoms with Crippen LogP contribution in [-0.2, 0) is 11.2 Å². The van der Waals surface area contributed by atoms with Gasteiger partial charge in [0, 0.05) is 4.88 Å². The Bertz CT molecular complexity index is 829. The molecule has 2 N–H and O–H groups in total. The molecule has 0 aliphatic heterocycles. The van der Waals surface area contributed by atoms with E-state index in [2.05, 4.69) is 65.4 Å². The van der Waals surface area contributed by atoms with Crippen LogP contribution in [0.5, 0.6) is 0 Å². The number of amides is 1. The lowest BCUT2D eigenvalue weighted by Crippen LogP contribution is -2.37. The summed E-state index contributed by atoms with van der Waals surface area (Å²) in [6.07, 6.45) is 1.02. The van der Waals surface area contributed by atoms with Crippen LogP contribution in [0.1, 0.15) is 47.5 Å². The van der Waals surface area contributed by atoms with E-state index in [1.165, 1.54) is 10.4 Å². The first-order chi connectivity index (χ1) is 13.2. The number of carbonyl (C=O) groups excluding carboxylic acids is 1. The number of thiophene rings is 1. The molecule has 0 radical (unpaired) electrons. The zero-order valence-corrected chi connectivity index (χ0v) is 16.6. The molecule has 0 spiro atoms. The molecular weight excluding hydrogens is 352 g/mol. The minimum Gasteiger partial charge on any atom is -0.348 e. The Hall–Kier alpha value is -2.43. The van der Waals surface area contributed by atoms with Gasteiger partial charge in [-0.2, -0.15) is 0 Å². The number of hydrogen-bond acceptors (Lipinski definition) is 3. The average molecular weight is 379 g/mol. The minimum atomic E-state index is -0.0119. The molecule has 1 heterocycles. The molecule has 2 aromatic carbocycles. The molecule has 0 unspecified atom stereocenters. The second kappa shape index (κ2) is 9.49. The predicted molar refractivity (Wildman–Crippen MR) is 113 cm³/mol. The van der Waals surface area contributed by atoms with Crippen molar-refractivity contribution in [1.29, 1.82) is 0 Å². The van der Waals surface area contributed by atoms with Crippen molar-refractivity contribution in [2.24, 2.45) is 0 Å². The summed E-state index contributed by atoms with van der Waals surface area (Å²) in [5, 5.41) is 8.56. The molecule has 0 bridgehead atoms. The first-order valence-corrected chi connectivity index (χ1v) is 10.2. The van der Waals surface area contributed by atoms with Crippen molar-refractivity contribution < 1.29 is 4.79 Å². The number of carbonyl (C=O) groups is 1. The zero-order valence-electron chi connectivity index (χ0n) is 15.8. The molecule has 0 saturated carbocycles. The molecule has 3 aromatic rings. The maximum Gasteiger partial charge on any atom is 0.234 e. The highest BCUT2D eigenvalue weighted by Crippen LogP contribution is 2.25. The minimum absolute atomic E-state index is 0.000412. The molecule has 3 rings (SSSR count). The van der Waals surface area contributed by atoms with Gasteiger partial charge in [-0.25, -0.2) is 0 Å². The topological polar surface area (TPSA) is 41.1 Å². The average Bonchev–Trinajstić information content (AvgIpc) is 3.23. The lowest BCUT2D eigenvalue weighted by molar-refractivity contribution is -0.121. The fourth-order valence-electron chi connectivity index (χ4n) is 3.10. The Kier molecular flexibility index (Phi) is 6.80. The lowest BCUT2D eigenvalue weighted by Gasteiger charge is -2.19. The van der Waals surface area contributed by atoms with Crippen molar-refractivity contribution in [3.63, 3.8) is 0 Å². The second-order valence-corrected chi connectivity index (χ2v) is 7.60. The van der Waals surface area contributed by atoms with Crippen LogP contribution < -0.4 is 10.6 Å². The van der Waals surface area contributed by atoms with Gasteiger partial charge in [-0.15, -0.1) is 11.3 Å². The quantitative estimate of drug-likeness (QED) is 0.587. The van der Waals surface area contributed by atoms with Crippen LogP contribution in [0.4, 0.5) is 0 Å². The molecule has 4 heteroatoms. The van der Waals surface area contributed by atoms with Gasteiger partial charge in [-0.05, 0) is 41.5 Å². The van der Waals surface area contributed by atoms with Gasteiger partial charge < -0.3 is 5.32 Å². The Morgan fingerprint density at radius 2 is 1.70 bits per heavy atom. The van der Waals surface area contributed by atoms with Crippen molar-refractivity contribution >= 4 is 17.2 Å². The highest BCUT2D eigenvalue weighted by Gasteiger charge is 2.17. The highest BCUT2D eigenvalue weighted by molar-refractivity contribution is 7.10. The number of aryl methyl sites for hydroxylation is 1. The first kappa shape index (κ1) is 19.3. The van der Waals surface area contributed by atoms with Crippen molar-refractivity contribution in [2.45, 2.75) is 32.4 Å². The summed E-state index contributed by atoms with van der Waals surface area (Å²) in [4.78, 5) is 13.7. The largest absolute Gasteiger partial charge is 0.348 e. The van der Waals surface area contributed by atoms with Gasteiger partial charge in [0.2, 0.25) is 5.91 Å². The van der Waals surface area contributed by atoms with E-state index in [-0.39, 0.29) is 24.5 Å². The Labute approximate surface area is 165 Å². The van der Waals surface area contributed by atoms with Gasteiger partial charge in [-0.3, -0.25) is 10.1 Å². The van der Waals surface area contributed by atoms with Crippen molar-refractivity contribution in [3.05, 3.63) is 93.7 Å². The molecule has 2 atom stereocenters. The SMILES string of the molecule is CCc1ccc([C@H](C)NC(=O)CN[C@H](c2ccccc2)c2cccs2)cc1. The molecule has 0 fully saturated rings. The van der Waals surface area contributed by atoms with Crippen LogP contribution >= 0.6 is 11.3 Å². The summed E-state index contributed by atoms with van der Waals surface area (Å²) in [6, 6.07) is 22.8. The number of nitrogens with one attached hydrogen (secondary N) is 2. The molecule has 3 nitrogen and oxygen atoms in total. The van der Waals surface area contributed by atoms with Gasteiger partial charge in [0.1, 0.15) is 0 Å². The molecular formula is C23H26N2OS. The van der Waals surface area contributed by atoms with Crippen LogP contribution in [0.25, 0.3) is 0 Å². The molecule has 140 valence electrons. The molecule has 0 saturated heterocycles. The van der Waals surface area contributed by atoms with E-state index in [9.17, 15) is 4.79 Å². The third kappa shape index (κ3) is 5.28. The van der Waals surface area contributed by atoms with E-state index in [0.29, 0.717) is 0 Å². The molecule has 27 heavy (non-hydrogen) atoms. The number of hydrogen-bond donors (Lipinski definition) is 2. The summed E-state index contributed by atoms with van der Waals surface area (Å²) in [5.74, 6) is -0.000412. The van der Waals surface area contributed by atoms with Crippen LogP contribution in [0.15, 0.2) is 72.1 Å². The third-order valence-corrected chi connectivity index (χ3v) is 5.63. The maximum atomic E-state index is 12.5. The smallest absolute Gasteiger partial charge is 0.234 e. The Morgan fingerprint density at radius 1 is 0.963 bits per heavy atom. The molecule has 1 aromatic heterocycles. The van der Waals surface area contributed by atoms with Gasteiger partial charge >= 0.3 is 0 Å². The molecule has 1 amide bonds. The van der Waals surface area contributed by atoms with E-state index in [0.717, 1.165) is 17.5 Å². The molecule has 0 aliphatic rings. The van der Waals surface area contributed by atoms with Gasteiger partial charge in [-0.1, -0.05) is 67.6 Å². The third-order valence-electron chi connectivity index (χ3n) is 4.69. The van der Waals surface area contributed by atoms with E-state index in [1.807, 2.05) is 31.2 Å². The number of benzene rings is 2. The maximum absolute atomic E-state index is 12.5. The number of rotatable bonds is 8. The summed E-state index contributed by atoms with van der Waals surface area (Å²) in [7, 11) is 0. The van der Waals surface area contributed by atoms with E-state index in [4.69, 9.17) is 0 Å². The van der Waals surface area contributed by atoms with Crippen LogP contribution in [-0.4, -0.2) is 12.5 Å². The van der Waals surface area contributed by atoms with Gasteiger partial charge in [0.05, 0.1) is 18.6 Å². The van der Waals surface area contributed by atoms with E-state index >= 15 is 0 Å².